The molecule has 0 aliphatic rings. The van der Waals surface area contributed by atoms with Crippen LogP contribution in [0.5, 0.6) is 0 Å². The first-order valence-electron chi connectivity index (χ1n) is 7.13. The van der Waals surface area contributed by atoms with E-state index in [1.54, 1.807) is 4.68 Å². The number of rotatable bonds is 2. The van der Waals surface area contributed by atoms with Crippen molar-refractivity contribution in [2.75, 3.05) is 0 Å². The van der Waals surface area contributed by atoms with E-state index in [4.69, 9.17) is 4.98 Å². The third kappa shape index (κ3) is 2.05. The van der Waals surface area contributed by atoms with Crippen molar-refractivity contribution < 1.29 is 0 Å². The summed E-state index contributed by atoms with van der Waals surface area (Å²) in [4.78, 5) is 9.47. The van der Waals surface area contributed by atoms with E-state index in [1.807, 2.05) is 61.8 Å². The molecule has 0 atom stereocenters. The number of hydrogen-bond acceptors (Lipinski definition) is 3. The van der Waals surface area contributed by atoms with Gasteiger partial charge in [-0.2, -0.15) is 5.10 Å². The number of fused-ring (bicyclic) bond motifs is 1. The van der Waals surface area contributed by atoms with Gasteiger partial charge in [-0.15, -0.1) is 0 Å². The molecule has 0 saturated carbocycles. The third-order valence-corrected chi connectivity index (χ3v) is 3.67. The highest BCUT2D eigenvalue weighted by Crippen LogP contribution is 2.28. The van der Waals surface area contributed by atoms with Gasteiger partial charge in [-0.3, -0.25) is 4.68 Å². The molecule has 0 amide bonds. The van der Waals surface area contributed by atoms with E-state index in [9.17, 15) is 0 Å². The van der Waals surface area contributed by atoms with Gasteiger partial charge >= 0.3 is 0 Å². The maximum atomic E-state index is 4.79. The predicted molar refractivity (Wildman–Crippen MR) is 87.2 cm³/mol. The standard InChI is InChI=1S/C18H14N4/c1-22-18-15(12-19-22)16(13-8-4-2-5-9-13)20-17(21-18)14-10-6-3-7-11-14/h2-12H,1H3. The molecule has 0 N–H and O–H groups in total. The highest BCUT2D eigenvalue weighted by atomic mass is 15.3. The molecule has 0 bridgehead atoms. The number of nitrogens with zero attached hydrogens (tertiary/aromatic N) is 4. The predicted octanol–water partition coefficient (Wildman–Crippen LogP) is 3.70. The lowest BCUT2D eigenvalue weighted by molar-refractivity contribution is 0.786. The van der Waals surface area contributed by atoms with Gasteiger partial charge in [0, 0.05) is 18.2 Å². The molecule has 0 aliphatic carbocycles. The zero-order chi connectivity index (χ0) is 14.9. The fourth-order valence-corrected chi connectivity index (χ4v) is 2.55. The molecule has 22 heavy (non-hydrogen) atoms. The van der Waals surface area contributed by atoms with Crippen LogP contribution >= 0.6 is 0 Å². The van der Waals surface area contributed by atoms with Crippen LogP contribution in [0, 0.1) is 0 Å². The van der Waals surface area contributed by atoms with Gasteiger partial charge in [0.25, 0.3) is 0 Å². The van der Waals surface area contributed by atoms with Crippen LogP contribution in [-0.2, 0) is 7.05 Å². The zero-order valence-corrected chi connectivity index (χ0v) is 12.1. The molecule has 2 heterocycles. The maximum absolute atomic E-state index is 4.79. The van der Waals surface area contributed by atoms with E-state index < -0.39 is 0 Å². The van der Waals surface area contributed by atoms with E-state index in [0.29, 0.717) is 0 Å². The SMILES string of the molecule is Cn1ncc2c(-c3ccccc3)nc(-c3ccccc3)nc21. The minimum absolute atomic E-state index is 0.718. The lowest BCUT2D eigenvalue weighted by atomic mass is 10.1. The van der Waals surface area contributed by atoms with Gasteiger partial charge < -0.3 is 0 Å². The Hall–Kier alpha value is -3.01. The third-order valence-electron chi connectivity index (χ3n) is 3.67. The van der Waals surface area contributed by atoms with Gasteiger partial charge in [0.2, 0.25) is 0 Å². The Morgan fingerprint density at radius 3 is 2.09 bits per heavy atom. The van der Waals surface area contributed by atoms with Crippen LogP contribution in [0.15, 0.2) is 66.9 Å². The summed E-state index contributed by atoms with van der Waals surface area (Å²) in [7, 11) is 1.90. The van der Waals surface area contributed by atoms with Gasteiger partial charge in [0.05, 0.1) is 17.3 Å². The molecule has 0 spiro atoms. The second kappa shape index (κ2) is 5.07. The van der Waals surface area contributed by atoms with Gasteiger partial charge in [-0.1, -0.05) is 60.7 Å². The number of aromatic nitrogens is 4. The summed E-state index contributed by atoms with van der Waals surface area (Å²) >= 11 is 0. The Balaban J connectivity index is 2.03. The number of aryl methyl sites for hydroxylation is 1. The van der Waals surface area contributed by atoms with Crippen LogP contribution in [0.3, 0.4) is 0 Å². The Morgan fingerprint density at radius 2 is 1.41 bits per heavy atom. The highest BCUT2D eigenvalue weighted by Gasteiger charge is 2.13. The summed E-state index contributed by atoms with van der Waals surface area (Å²) < 4.78 is 1.79. The van der Waals surface area contributed by atoms with Gasteiger partial charge in [0.15, 0.2) is 11.5 Å². The van der Waals surface area contributed by atoms with E-state index >= 15 is 0 Å². The van der Waals surface area contributed by atoms with E-state index in [0.717, 1.165) is 33.7 Å². The molecule has 2 aromatic carbocycles. The second-order valence-corrected chi connectivity index (χ2v) is 5.13. The molecule has 0 unspecified atom stereocenters. The maximum Gasteiger partial charge on any atom is 0.162 e. The topological polar surface area (TPSA) is 43.6 Å². The largest absolute Gasteiger partial charge is 0.250 e. The molecule has 4 rings (SSSR count). The molecule has 0 aliphatic heterocycles. The van der Waals surface area contributed by atoms with Crippen LogP contribution in [-0.4, -0.2) is 19.7 Å². The smallest absolute Gasteiger partial charge is 0.162 e. The average Bonchev–Trinajstić information content (AvgIpc) is 2.97. The summed E-state index contributed by atoms with van der Waals surface area (Å²) in [6, 6.07) is 20.2. The summed E-state index contributed by atoms with van der Waals surface area (Å²) in [5.74, 6) is 0.718. The van der Waals surface area contributed by atoms with Crippen molar-refractivity contribution in [1.82, 2.24) is 19.7 Å². The summed E-state index contributed by atoms with van der Waals surface area (Å²) in [5, 5.41) is 5.30. The zero-order valence-electron chi connectivity index (χ0n) is 12.1. The average molecular weight is 286 g/mol. The van der Waals surface area contributed by atoms with Crippen LogP contribution in [0.25, 0.3) is 33.7 Å². The Bertz CT molecular complexity index is 927. The Morgan fingerprint density at radius 1 is 0.773 bits per heavy atom. The number of hydrogen-bond donors (Lipinski definition) is 0. The van der Waals surface area contributed by atoms with Gasteiger partial charge in [0.1, 0.15) is 0 Å². The van der Waals surface area contributed by atoms with E-state index in [1.165, 1.54) is 0 Å². The molecular weight excluding hydrogens is 272 g/mol. The molecular formula is C18H14N4. The summed E-state index contributed by atoms with van der Waals surface area (Å²) in [6.45, 7) is 0. The van der Waals surface area contributed by atoms with Crippen molar-refractivity contribution in [3.8, 4) is 22.6 Å². The molecule has 4 aromatic rings. The summed E-state index contributed by atoms with van der Waals surface area (Å²) in [6.07, 6.45) is 1.83. The van der Waals surface area contributed by atoms with Crippen molar-refractivity contribution in [1.29, 1.82) is 0 Å². The van der Waals surface area contributed by atoms with Crippen molar-refractivity contribution in [3.63, 3.8) is 0 Å². The van der Waals surface area contributed by atoms with Crippen LogP contribution in [0.2, 0.25) is 0 Å². The second-order valence-electron chi connectivity index (χ2n) is 5.13. The molecule has 4 nitrogen and oxygen atoms in total. The minimum atomic E-state index is 0.718. The first-order chi connectivity index (χ1) is 10.8. The Kier molecular flexibility index (Phi) is 2.93. The van der Waals surface area contributed by atoms with Crippen molar-refractivity contribution in [2.45, 2.75) is 0 Å². The molecule has 2 aromatic heterocycles. The Labute approximate surface area is 128 Å². The number of benzene rings is 2. The van der Waals surface area contributed by atoms with Crippen LogP contribution < -0.4 is 0 Å². The molecule has 0 radical (unpaired) electrons. The lowest BCUT2D eigenvalue weighted by Gasteiger charge is -2.07. The van der Waals surface area contributed by atoms with Gasteiger partial charge in [-0.25, -0.2) is 9.97 Å². The molecule has 4 heteroatoms. The summed E-state index contributed by atoms with van der Waals surface area (Å²) in [5.41, 5.74) is 3.83. The molecule has 106 valence electrons. The molecule has 0 saturated heterocycles. The molecule has 0 fully saturated rings. The van der Waals surface area contributed by atoms with Crippen molar-refractivity contribution in [2.24, 2.45) is 7.05 Å². The highest BCUT2D eigenvalue weighted by molar-refractivity contribution is 5.91. The van der Waals surface area contributed by atoms with E-state index in [2.05, 4.69) is 22.2 Å². The fourth-order valence-electron chi connectivity index (χ4n) is 2.55. The lowest BCUT2D eigenvalue weighted by Crippen LogP contribution is -1.97. The van der Waals surface area contributed by atoms with Crippen molar-refractivity contribution in [3.05, 3.63) is 66.9 Å². The normalized spacial score (nSPS) is 11.0. The van der Waals surface area contributed by atoms with Crippen LogP contribution in [0.4, 0.5) is 0 Å². The van der Waals surface area contributed by atoms with E-state index in [-0.39, 0.29) is 0 Å². The minimum Gasteiger partial charge on any atom is -0.250 e. The quantitative estimate of drug-likeness (QED) is 0.564. The first-order valence-corrected chi connectivity index (χ1v) is 7.13. The first kappa shape index (κ1) is 12.7. The van der Waals surface area contributed by atoms with Gasteiger partial charge in [-0.05, 0) is 0 Å². The van der Waals surface area contributed by atoms with Crippen molar-refractivity contribution >= 4 is 11.0 Å². The monoisotopic (exact) mass is 286 g/mol. The van der Waals surface area contributed by atoms with Crippen LogP contribution in [0.1, 0.15) is 0 Å². The fraction of sp³-hybridized carbons (Fsp3) is 0.0556.